The molecule has 2 aromatic rings. The van der Waals surface area contributed by atoms with Crippen molar-refractivity contribution in [2.75, 3.05) is 5.75 Å². The smallest absolute Gasteiger partial charge is 0.124 e. The molecule has 1 atom stereocenters. The molecular weight excluding hydrogens is 273 g/mol. The molecule has 0 fully saturated rings. The van der Waals surface area contributed by atoms with Crippen molar-refractivity contribution in [3.63, 3.8) is 0 Å². The van der Waals surface area contributed by atoms with Crippen molar-refractivity contribution in [3.8, 4) is 0 Å². The predicted octanol–water partition coefficient (Wildman–Crippen LogP) is 3.48. The van der Waals surface area contributed by atoms with Crippen LogP contribution in [0.1, 0.15) is 18.2 Å². The lowest BCUT2D eigenvalue weighted by atomic mass is 10.1. The van der Waals surface area contributed by atoms with E-state index in [1.165, 1.54) is 29.5 Å². The summed E-state index contributed by atoms with van der Waals surface area (Å²) in [6.07, 6.45) is 2.85. The Morgan fingerprint density at radius 3 is 2.80 bits per heavy atom. The van der Waals surface area contributed by atoms with Gasteiger partial charge in [0, 0.05) is 29.0 Å². The molecule has 1 aromatic carbocycles. The lowest BCUT2D eigenvalue weighted by molar-refractivity contribution is 0.199. The number of nitrogens with zero attached hydrogens (tertiary/aromatic N) is 1. The van der Waals surface area contributed by atoms with E-state index in [1.807, 2.05) is 24.4 Å². The van der Waals surface area contributed by atoms with Crippen LogP contribution in [-0.4, -0.2) is 21.9 Å². The SMILES string of the molecule is CCc1ccc(CC(O)CSc2cccc(F)c2)nc1. The van der Waals surface area contributed by atoms with E-state index >= 15 is 0 Å². The molecule has 1 N–H and O–H groups in total. The van der Waals surface area contributed by atoms with Crippen molar-refractivity contribution in [2.45, 2.75) is 30.8 Å². The minimum Gasteiger partial charge on any atom is -0.392 e. The van der Waals surface area contributed by atoms with Crippen molar-refractivity contribution >= 4 is 11.8 Å². The maximum Gasteiger partial charge on any atom is 0.124 e. The summed E-state index contributed by atoms with van der Waals surface area (Å²) in [6, 6.07) is 10.4. The average molecular weight is 291 g/mol. The number of thioether (sulfide) groups is 1. The Morgan fingerprint density at radius 2 is 2.15 bits per heavy atom. The zero-order valence-corrected chi connectivity index (χ0v) is 12.2. The van der Waals surface area contributed by atoms with Crippen molar-refractivity contribution in [2.24, 2.45) is 0 Å². The number of rotatable bonds is 6. The molecule has 0 spiro atoms. The van der Waals surface area contributed by atoms with E-state index in [0.29, 0.717) is 12.2 Å². The number of pyridine rings is 1. The van der Waals surface area contributed by atoms with Crippen molar-refractivity contribution in [1.82, 2.24) is 4.98 Å². The first kappa shape index (κ1) is 15.0. The summed E-state index contributed by atoms with van der Waals surface area (Å²) in [5.74, 6) is 0.280. The fourth-order valence-corrected chi connectivity index (χ4v) is 2.71. The molecule has 0 saturated carbocycles. The highest BCUT2D eigenvalue weighted by Crippen LogP contribution is 2.20. The first-order valence-corrected chi connectivity index (χ1v) is 7.66. The van der Waals surface area contributed by atoms with Gasteiger partial charge in [-0.3, -0.25) is 4.98 Å². The van der Waals surface area contributed by atoms with Gasteiger partial charge in [-0.25, -0.2) is 4.39 Å². The van der Waals surface area contributed by atoms with E-state index in [9.17, 15) is 9.50 Å². The van der Waals surface area contributed by atoms with E-state index in [1.54, 1.807) is 6.07 Å². The third-order valence-corrected chi connectivity index (χ3v) is 4.12. The number of aryl methyl sites for hydroxylation is 1. The molecule has 0 amide bonds. The van der Waals surface area contributed by atoms with Crippen LogP contribution in [0.15, 0.2) is 47.5 Å². The van der Waals surface area contributed by atoms with Gasteiger partial charge in [-0.1, -0.05) is 19.1 Å². The highest BCUT2D eigenvalue weighted by Gasteiger charge is 2.08. The van der Waals surface area contributed by atoms with E-state index in [-0.39, 0.29) is 5.82 Å². The van der Waals surface area contributed by atoms with Crippen LogP contribution in [0.5, 0.6) is 0 Å². The second-order valence-corrected chi connectivity index (χ2v) is 5.73. The molecule has 0 aliphatic carbocycles. The summed E-state index contributed by atoms with van der Waals surface area (Å²) in [4.78, 5) is 5.16. The Bertz CT molecular complexity index is 544. The molecule has 0 bridgehead atoms. The van der Waals surface area contributed by atoms with Gasteiger partial charge < -0.3 is 5.11 Å². The summed E-state index contributed by atoms with van der Waals surface area (Å²) < 4.78 is 13.0. The zero-order chi connectivity index (χ0) is 14.4. The van der Waals surface area contributed by atoms with Crippen molar-refractivity contribution in [3.05, 3.63) is 59.7 Å². The molecule has 1 unspecified atom stereocenters. The molecule has 0 saturated heterocycles. The summed E-state index contributed by atoms with van der Waals surface area (Å²) in [5, 5.41) is 10.0. The van der Waals surface area contributed by atoms with Crippen LogP contribution in [0, 0.1) is 5.82 Å². The van der Waals surface area contributed by atoms with Gasteiger partial charge in [-0.05, 0) is 36.2 Å². The van der Waals surface area contributed by atoms with E-state index in [2.05, 4.69) is 11.9 Å². The molecule has 1 aromatic heterocycles. The number of aliphatic hydroxyl groups is 1. The Kier molecular flexibility index (Phi) is 5.56. The first-order valence-electron chi connectivity index (χ1n) is 6.67. The molecule has 2 nitrogen and oxygen atoms in total. The van der Waals surface area contributed by atoms with Crippen LogP contribution in [0.3, 0.4) is 0 Å². The fraction of sp³-hybridized carbons (Fsp3) is 0.312. The van der Waals surface area contributed by atoms with Crippen LogP contribution in [0.2, 0.25) is 0 Å². The van der Waals surface area contributed by atoms with E-state index < -0.39 is 6.10 Å². The molecular formula is C16H18FNOS. The largest absolute Gasteiger partial charge is 0.392 e. The number of aliphatic hydroxyl groups excluding tert-OH is 1. The Labute approximate surface area is 123 Å². The molecule has 0 aliphatic heterocycles. The van der Waals surface area contributed by atoms with E-state index in [4.69, 9.17) is 0 Å². The summed E-state index contributed by atoms with van der Waals surface area (Å²) >= 11 is 1.45. The van der Waals surface area contributed by atoms with Crippen molar-refractivity contribution < 1.29 is 9.50 Å². The second kappa shape index (κ2) is 7.41. The average Bonchev–Trinajstić information content (AvgIpc) is 2.46. The second-order valence-electron chi connectivity index (χ2n) is 4.64. The normalized spacial score (nSPS) is 12.3. The molecule has 2 rings (SSSR count). The topological polar surface area (TPSA) is 33.1 Å². The van der Waals surface area contributed by atoms with Gasteiger partial charge >= 0.3 is 0 Å². The molecule has 1 heterocycles. The lowest BCUT2D eigenvalue weighted by Crippen LogP contribution is -2.14. The summed E-state index contributed by atoms with van der Waals surface area (Å²) in [7, 11) is 0. The van der Waals surface area contributed by atoms with E-state index in [0.717, 1.165) is 17.0 Å². The molecule has 106 valence electrons. The summed E-state index contributed by atoms with van der Waals surface area (Å²) in [5.41, 5.74) is 2.08. The maximum atomic E-state index is 13.0. The number of hydrogen-bond donors (Lipinski definition) is 1. The van der Waals surface area contributed by atoms with Crippen LogP contribution in [0.25, 0.3) is 0 Å². The molecule has 0 radical (unpaired) electrons. The van der Waals surface area contributed by atoms with Gasteiger partial charge in [-0.15, -0.1) is 11.8 Å². The monoisotopic (exact) mass is 291 g/mol. The molecule has 4 heteroatoms. The third kappa shape index (κ3) is 4.62. The molecule has 20 heavy (non-hydrogen) atoms. The van der Waals surface area contributed by atoms with Crippen LogP contribution < -0.4 is 0 Å². The predicted molar refractivity (Wildman–Crippen MR) is 80.4 cm³/mol. The van der Waals surface area contributed by atoms with Gasteiger partial charge in [-0.2, -0.15) is 0 Å². The van der Waals surface area contributed by atoms with Crippen molar-refractivity contribution in [1.29, 1.82) is 0 Å². The highest BCUT2D eigenvalue weighted by atomic mass is 32.2. The highest BCUT2D eigenvalue weighted by molar-refractivity contribution is 7.99. The minimum absolute atomic E-state index is 0.249. The van der Waals surface area contributed by atoms with Gasteiger partial charge in [0.2, 0.25) is 0 Å². The standard InChI is InChI=1S/C16H18FNOS/c1-2-12-6-7-14(18-10-12)9-15(19)11-20-16-5-3-4-13(17)8-16/h3-8,10,15,19H,2,9,11H2,1H3. The quantitative estimate of drug-likeness (QED) is 0.827. The van der Waals surface area contributed by atoms with Crippen LogP contribution >= 0.6 is 11.8 Å². The number of halogens is 1. The maximum absolute atomic E-state index is 13.0. The van der Waals surface area contributed by atoms with Gasteiger partial charge in [0.1, 0.15) is 5.82 Å². The van der Waals surface area contributed by atoms with Crippen LogP contribution in [-0.2, 0) is 12.8 Å². The first-order chi connectivity index (χ1) is 9.67. The summed E-state index contributed by atoms with van der Waals surface area (Å²) in [6.45, 7) is 2.08. The van der Waals surface area contributed by atoms with Gasteiger partial charge in [0.25, 0.3) is 0 Å². The Balaban J connectivity index is 1.84. The number of benzene rings is 1. The lowest BCUT2D eigenvalue weighted by Gasteiger charge is -2.10. The Hall–Kier alpha value is -1.39. The fourth-order valence-electron chi connectivity index (χ4n) is 1.83. The number of aromatic nitrogens is 1. The van der Waals surface area contributed by atoms with Gasteiger partial charge in [0.15, 0.2) is 0 Å². The number of hydrogen-bond acceptors (Lipinski definition) is 3. The van der Waals surface area contributed by atoms with Crippen LogP contribution in [0.4, 0.5) is 4.39 Å². The Morgan fingerprint density at radius 1 is 1.30 bits per heavy atom. The zero-order valence-electron chi connectivity index (χ0n) is 11.4. The van der Waals surface area contributed by atoms with Gasteiger partial charge in [0.05, 0.1) is 6.10 Å². The minimum atomic E-state index is -0.483. The molecule has 0 aliphatic rings. The third-order valence-electron chi connectivity index (χ3n) is 2.98.